The van der Waals surface area contributed by atoms with Gasteiger partial charge in [0, 0.05) is 32.6 Å². The standard InChI is InChI=1S/C22H25FN2O2/c1-24(16-17-7-3-2-4-8-17)22(27)18-11-13-25(14-12-18)21(26)15-19-9-5-6-10-20(19)23/h2-10,18H,11-16H2,1H3. The topological polar surface area (TPSA) is 40.6 Å². The highest BCUT2D eigenvalue weighted by Crippen LogP contribution is 2.21. The molecule has 1 saturated heterocycles. The fourth-order valence-electron chi connectivity index (χ4n) is 3.54. The molecule has 0 radical (unpaired) electrons. The van der Waals surface area contributed by atoms with Gasteiger partial charge in [-0.3, -0.25) is 9.59 Å². The van der Waals surface area contributed by atoms with Gasteiger partial charge in [0.15, 0.2) is 0 Å². The molecular formula is C22H25FN2O2. The summed E-state index contributed by atoms with van der Waals surface area (Å²) in [5, 5.41) is 0. The van der Waals surface area contributed by atoms with Crippen molar-refractivity contribution in [3.8, 4) is 0 Å². The lowest BCUT2D eigenvalue weighted by Crippen LogP contribution is -2.43. The van der Waals surface area contributed by atoms with Crippen LogP contribution >= 0.6 is 0 Å². The Balaban J connectivity index is 1.50. The second-order valence-electron chi connectivity index (χ2n) is 7.10. The summed E-state index contributed by atoms with van der Waals surface area (Å²) in [7, 11) is 1.82. The first-order valence-corrected chi connectivity index (χ1v) is 9.34. The minimum absolute atomic E-state index is 0.0591. The van der Waals surface area contributed by atoms with E-state index in [2.05, 4.69) is 0 Å². The predicted molar refractivity (Wildman–Crippen MR) is 102 cm³/mol. The summed E-state index contributed by atoms with van der Waals surface area (Å²) in [6.07, 6.45) is 1.38. The van der Waals surface area contributed by atoms with Gasteiger partial charge in [-0.1, -0.05) is 48.5 Å². The molecule has 5 heteroatoms. The van der Waals surface area contributed by atoms with Crippen molar-refractivity contribution >= 4 is 11.8 Å². The fraction of sp³-hybridized carbons (Fsp3) is 0.364. The van der Waals surface area contributed by atoms with E-state index in [1.807, 2.05) is 37.4 Å². The van der Waals surface area contributed by atoms with Crippen molar-refractivity contribution in [3.63, 3.8) is 0 Å². The number of hydrogen-bond donors (Lipinski definition) is 0. The average molecular weight is 368 g/mol. The van der Waals surface area contributed by atoms with Gasteiger partial charge in [0.2, 0.25) is 11.8 Å². The molecule has 3 rings (SSSR count). The van der Waals surface area contributed by atoms with Crippen LogP contribution in [-0.2, 0) is 22.6 Å². The summed E-state index contributed by atoms with van der Waals surface area (Å²) in [5.74, 6) is -0.363. The lowest BCUT2D eigenvalue weighted by Gasteiger charge is -2.33. The Kier molecular flexibility index (Phi) is 6.22. The van der Waals surface area contributed by atoms with Gasteiger partial charge in [-0.15, -0.1) is 0 Å². The first-order chi connectivity index (χ1) is 13.0. The molecule has 1 aliphatic heterocycles. The predicted octanol–water partition coefficient (Wildman–Crippen LogP) is 3.27. The Bertz CT molecular complexity index is 786. The third-order valence-corrected chi connectivity index (χ3v) is 5.14. The molecule has 1 fully saturated rings. The summed E-state index contributed by atoms with van der Waals surface area (Å²) < 4.78 is 13.7. The van der Waals surface area contributed by atoms with Gasteiger partial charge < -0.3 is 9.80 Å². The van der Waals surface area contributed by atoms with Gasteiger partial charge in [-0.25, -0.2) is 4.39 Å². The van der Waals surface area contributed by atoms with Gasteiger partial charge in [0.1, 0.15) is 5.82 Å². The molecule has 0 aliphatic carbocycles. The molecule has 0 N–H and O–H groups in total. The number of carbonyl (C=O) groups excluding carboxylic acids is 2. The van der Waals surface area contributed by atoms with Gasteiger partial charge >= 0.3 is 0 Å². The zero-order valence-electron chi connectivity index (χ0n) is 15.6. The number of halogens is 1. The third-order valence-electron chi connectivity index (χ3n) is 5.14. The molecule has 2 aromatic rings. The Hall–Kier alpha value is -2.69. The van der Waals surface area contributed by atoms with Crippen molar-refractivity contribution in [3.05, 3.63) is 71.5 Å². The van der Waals surface area contributed by atoms with Crippen molar-refractivity contribution in [1.82, 2.24) is 9.80 Å². The van der Waals surface area contributed by atoms with Crippen LogP contribution in [0.5, 0.6) is 0 Å². The van der Waals surface area contributed by atoms with Gasteiger partial charge in [-0.2, -0.15) is 0 Å². The monoisotopic (exact) mass is 368 g/mol. The van der Waals surface area contributed by atoms with Crippen LogP contribution in [0.15, 0.2) is 54.6 Å². The molecule has 0 aromatic heterocycles. The van der Waals surface area contributed by atoms with Crippen LogP contribution in [0, 0.1) is 11.7 Å². The van der Waals surface area contributed by atoms with E-state index in [1.54, 1.807) is 28.0 Å². The molecule has 0 bridgehead atoms. The number of piperidine rings is 1. The second kappa shape index (κ2) is 8.80. The number of amides is 2. The van der Waals surface area contributed by atoms with Crippen LogP contribution in [0.2, 0.25) is 0 Å². The van der Waals surface area contributed by atoms with Crippen LogP contribution < -0.4 is 0 Å². The SMILES string of the molecule is CN(Cc1ccccc1)C(=O)C1CCN(C(=O)Cc2ccccc2F)CC1. The molecule has 1 aliphatic rings. The number of hydrogen-bond acceptors (Lipinski definition) is 2. The number of carbonyl (C=O) groups is 2. The molecule has 0 saturated carbocycles. The fourth-order valence-corrected chi connectivity index (χ4v) is 3.54. The second-order valence-corrected chi connectivity index (χ2v) is 7.10. The summed E-state index contributed by atoms with van der Waals surface area (Å²) in [6.45, 7) is 1.68. The van der Waals surface area contributed by atoms with Crippen molar-refractivity contribution in [1.29, 1.82) is 0 Å². The number of likely N-dealkylation sites (tertiary alicyclic amines) is 1. The Morgan fingerprint density at radius 2 is 1.67 bits per heavy atom. The van der Waals surface area contributed by atoms with Crippen LogP contribution in [0.1, 0.15) is 24.0 Å². The zero-order chi connectivity index (χ0) is 19.2. The molecule has 27 heavy (non-hydrogen) atoms. The van der Waals surface area contributed by atoms with E-state index < -0.39 is 0 Å². The molecular weight excluding hydrogens is 343 g/mol. The number of nitrogens with zero attached hydrogens (tertiary/aromatic N) is 2. The van der Waals surface area contributed by atoms with E-state index in [-0.39, 0.29) is 30.0 Å². The quantitative estimate of drug-likeness (QED) is 0.813. The molecule has 0 unspecified atom stereocenters. The van der Waals surface area contributed by atoms with Crippen LogP contribution in [0.3, 0.4) is 0 Å². The average Bonchev–Trinajstić information content (AvgIpc) is 2.70. The Morgan fingerprint density at radius 1 is 1.04 bits per heavy atom. The van der Waals surface area contributed by atoms with E-state index in [1.165, 1.54) is 6.07 Å². The van der Waals surface area contributed by atoms with Crippen molar-refractivity contribution in [2.75, 3.05) is 20.1 Å². The number of benzene rings is 2. The van der Waals surface area contributed by atoms with E-state index in [4.69, 9.17) is 0 Å². The largest absolute Gasteiger partial charge is 0.342 e. The van der Waals surface area contributed by atoms with Crippen LogP contribution in [0.25, 0.3) is 0 Å². The maximum Gasteiger partial charge on any atom is 0.227 e. The molecule has 142 valence electrons. The zero-order valence-corrected chi connectivity index (χ0v) is 15.6. The maximum absolute atomic E-state index is 13.7. The first-order valence-electron chi connectivity index (χ1n) is 9.34. The molecule has 4 nitrogen and oxygen atoms in total. The lowest BCUT2D eigenvalue weighted by molar-refractivity contribution is -0.140. The van der Waals surface area contributed by atoms with Crippen molar-refractivity contribution in [2.45, 2.75) is 25.8 Å². The third kappa shape index (κ3) is 4.94. The van der Waals surface area contributed by atoms with E-state index >= 15 is 0 Å². The summed E-state index contributed by atoms with van der Waals surface area (Å²) in [4.78, 5) is 28.6. The summed E-state index contributed by atoms with van der Waals surface area (Å²) >= 11 is 0. The highest BCUT2D eigenvalue weighted by molar-refractivity contribution is 5.81. The minimum atomic E-state index is -0.349. The summed E-state index contributed by atoms with van der Waals surface area (Å²) in [6, 6.07) is 16.3. The lowest BCUT2D eigenvalue weighted by atomic mass is 9.94. The van der Waals surface area contributed by atoms with E-state index in [0.717, 1.165) is 5.56 Å². The highest BCUT2D eigenvalue weighted by Gasteiger charge is 2.29. The normalized spacial score (nSPS) is 14.8. The molecule has 0 spiro atoms. The van der Waals surface area contributed by atoms with Crippen molar-refractivity contribution in [2.24, 2.45) is 5.92 Å². The highest BCUT2D eigenvalue weighted by atomic mass is 19.1. The molecule has 0 atom stereocenters. The molecule has 2 aromatic carbocycles. The Labute approximate surface area is 159 Å². The van der Waals surface area contributed by atoms with Crippen LogP contribution in [-0.4, -0.2) is 41.8 Å². The molecule has 2 amide bonds. The molecule has 1 heterocycles. The first kappa shape index (κ1) is 19.1. The van der Waals surface area contributed by atoms with Crippen LogP contribution in [0.4, 0.5) is 4.39 Å². The minimum Gasteiger partial charge on any atom is -0.342 e. The number of rotatable bonds is 5. The Morgan fingerprint density at radius 3 is 2.33 bits per heavy atom. The smallest absolute Gasteiger partial charge is 0.227 e. The maximum atomic E-state index is 13.7. The van der Waals surface area contributed by atoms with Crippen molar-refractivity contribution < 1.29 is 14.0 Å². The summed E-state index contributed by atoms with van der Waals surface area (Å²) in [5.41, 5.74) is 1.52. The van der Waals surface area contributed by atoms with Gasteiger partial charge in [-0.05, 0) is 30.0 Å². The van der Waals surface area contributed by atoms with Gasteiger partial charge in [0.05, 0.1) is 6.42 Å². The van der Waals surface area contributed by atoms with Gasteiger partial charge in [0.25, 0.3) is 0 Å². The van der Waals surface area contributed by atoms with E-state index in [0.29, 0.717) is 38.0 Å². The van der Waals surface area contributed by atoms with E-state index in [9.17, 15) is 14.0 Å².